The molecule has 0 saturated carbocycles. The highest BCUT2D eigenvalue weighted by molar-refractivity contribution is 7.91. The van der Waals surface area contributed by atoms with Gasteiger partial charge in [-0.1, -0.05) is 13.8 Å². The highest BCUT2D eigenvalue weighted by Crippen LogP contribution is 2.31. The van der Waals surface area contributed by atoms with E-state index in [9.17, 15) is 8.42 Å². The Hall–Kier alpha value is -0.430. The first-order chi connectivity index (χ1) is 8.95. The van der Waals surface area contributed by atoms with Crippen LogP contribution in [0.2, 0.25) is 0 Å². The van der Waals surface area contributed by atoms with Gasteiger partial charge in [0.2, 0.25) is 0 Å². The monoisotopic (exact) mass is 302 g/mol. The number of nitrogens with zero attached hydrogens (tertiary/aromatic N) is 1. The third-order valence-electron chi connectivity index (χ3n) is 3.74. The summed E-state index contributed by atoms with van der Waals surface area (Å²) >= 11 is 1.32. The molecule has 0 radical (unpaired) electrons. The second-order valence-corrected chi connectivity index (χ2v) is 8.54. The third-order valence-corrected chi connectivity index (χ3v) is 7.06. The van der Waals surface area contributed by atoms with Gasteiger partial charge in [-0.05, 0) is 42.3 Å². The second kappa shape index (κ2) is 5.91. The predicted octanol–water partition coefficient (Wildman–Crippen LogP) is 2.13. The Labute approximate surface area is 119 Å². The Morgan fingerprint density at radius 2 is 2.26 bits per heavy atom. The first-order valence-electron chi connectivity index (χ1n) is 6.67. The summed E-state index contributed by atoms with van der Waals surface area (Å²) < 4.78 is 27.2. The van der Waals surface area contributed by atoms with Gasteiger partial charge >= 0.3 is 0 Å². The van der Waals surface area contributed by atoms with Crippen molar-refractivity contribution in [3.63, 3.8) is 0 Å². The van der Waals surface area contributed by atoms with Crippen molar-refractivity contribution in [1.82, 2.24) is 9.62 Å². The third kappa shape index (κ3) is 3.18. The summed E-state index contributed by atoms with van der Waals surface area (Å²) in [5, 5.41) is 4.95. The molecule has 1 unspecified atom stereocenters. The average Bonchev–Trinajstić information content (AvgIpc) is 2.98. The highest BCUT2D eigenvalue weighted by atomic mass is 32.2. The van der Waals surface area contributed by atoms with Crippen LogP contribution in [-0.4, -0.2) is 32.9 Å². The molecule has 108 valence electrons. The van der Waals surface area contributed by atoms with Gasteiger partial charge in [-0.2, -0.15) is 4.31 Å². The van der Waals surface area contributed by atoms with Crippen molar-refractivity contribution in [2.24, 2.45) is 11.8 Å². The van der Waals surface area contributed by atoms with Crippen LogP contribution < -0.4 is 5.32 Å². The van der Waals surface area contributed by atoms with Crippen LogP contribution in [0.15, 0.2) is 15.7 Å². The van der Waals surface area contributed by atoms with Crippen LogP contribution in [-0.2, 0) is 16.6 Å². The molecule has 2 rings (SSSR count). The van der Waals surface area contributed by atoms with Crippen LogP contribution in [0, 0.1) is 11.8 Å². The maximum atomic E-state index is 12.5. The van der Waals surface area contributed by atoms with Crippen LogP contribution >= 0.6 is 11.3 Å². The van der Waals surface area contributed by atoms with E-state index in [-0.39, 0.29) is 0 Å². The van der Waals surface area contributed by atoms with Gasteiger partial charge in [0.1, 0.15) is 4.21 Å². The van der Waals surface area contributed by atoms with E-state index in [0.29, 0.717) is 35.7 Å². The second-order valence-electron chi connectivity index (χ2n) is 5.46. The number of hydrogen-bond donors (Lipinski definition) is 1. The Balaban J connectivity index is 2.14. The van der Waals surface area contributed by atoms with E-state index < -0.39 is 10.0 Å². The van der Waals surface area contributed by atoms with Crippen molar-refractivity contribution in [3.8, 4) is 0 Å². The van der Waals surface area contributed by atoms with Gasteiger partial charge in [0.25, 0.3) is 10.0 Å². The minimum Gasteiger partial charge on any atom is -0.316 e. The predicted molar refractivity (Wildman–Crippen MR) is 78.8 cm³/mol. The summed E-state index contributed by atoms with van der Waals surface area (Å²) in [7, 11) is -1.42. The van der Waals surface area contributed by atoms with E-state index in [2.05, 4.69) is 19.2 Å². The minimum absolute atomic E-state index is 0.474. The first kappa shape index (κ1) is 15.0. The summed E-state index contributed by atoms with van der Waals surface area (Å²) in [6, 6.07) is 1.79. The zero-order valence-electron chi connectivity index (χ0n) is 11.7. The summed E-state index contributed by atoms with van der Waals surface area (Å²) in [5.74, 6) is 1.04. The first-order valence-corrected chi connectivity index (χ1v) is 8.99. The fourth-order valence-electron chi connectivity index (χ4n) is 2.43. The van der Waals surface area contributed by atoms with Gasteiger partial charge in [-0.15, -0.1) is 11.3 Å². The molecule has 2 heterocycles. The molecule has 0 aromatic carbocycles. The lowest BCUT2D eigenvalue weighted by Gasteiger charge is -2.17. The molecule has 1 saturated heterocycles. The fraction of sp³-hybridized carbons (Fsp3) is 0.692. The van der Waals surface area contributed by atoms with E-state index in [1.165, 1.54) is 11.3 Å². The summed E-state index contributed by atoms with van der Waals surface area (Å²) in [6.07, 6.45) is 0.978. The molecule has 0 amide bonds. The number of nitrogens with one attached hydrogen (secondary N) is 1. The quantitative estimate of drug-likeness (QED) is 0.906. The van der Waals surface area contributed by atoms with E-state index in [4.69, 9.17) is 0 Å². The Kier molecular flexibility index (Phi) is 4.66. The lowest BCUT2D eigenvalue weighted by atomic mass is 9.96. The van der Waals surface area contributed by atoms with Gasteiger partial charge in [0, 0.05) is 19.6 Å². The largest absolute Gasteiger partial charge is 0.316 e. The van der Waals surface area contributed by atoms with Crippen molar-refractivity contribution in [2.75, 3.05) is 20.1 Å². The standard InChI is InChI=1S/C13H22N2O2S2/c1-10(2)12-4-5-15(8-12)19(16,17)13-6-11(7-14-3)9-18-13/h6,9-10,12,14H,4-5,7-8H2,1-3H3. The molecule has 1 aliphatic heterocycles. The fourth-order valence-corrected chi connectivity index (χ4v) is 5.30. The number of hydrogen-bond acceptors (Lipinski definition) is 4. The van der Waals surface area contributed by atoms with Crippen LogP contribution in [0.25, 0.3) is 0 Å². The Morgan fingerprint density at radius 3 is 2.84 bits per heavy atom. The van der Waals surface area contributed by atoms with E-state index >= 15 is 0 Å². The zero-order chi connectivity index (χ0) is 14.0. The molecule has 0 bridgehead atoms. The van der Waals surface area contributed by atoms with Gasteiger partial charge in [0.15, 0.2) is 0 Å². The topological polar surface area (TPSA) is 49.4 Å². The molecule has 0 aliphatic carbocycles. The minimum atomic E-state index is -3.28. The van der Waals surface area contributed by atoms with Crippen molar-refractivity contribution < 1.29 is 8.42 Å². The van der Waals surface area contributed by atoms with Gasteiger partial charge in [-0.3, -0.25) is 0 Å². The molecule has 1 fully saturated rings. The van der Waals surface area contributed by atoms with Crippen molar-refractivity contribution in [1.29, 1.82) is 0 Å². The maximum Gasteiger partial charge on any atom is 0.252 e. The van der Waals surface area contributed by atoms with Crippen LogP contribution in [0.5, 0.6) is 0 Å². The van der Waals surface area contributed by atoms with Gasteiger partial charge < -0.3 is 5.32 Å². The molecule has 0 spiro atoms. The van der Waals surface area contributed by atoms with Crippen molar-refractivity contribution in [2.45, 2.75) is 31.0 Å². The SMILES string of the molecule is CNCc1csc(S(=O)(=O)N2CCC(C(C)C)C2)c1. The van der Waals surface area contributed by atoms with Crippen LogP contribution in [0.3, 0.4) is 0 Å². The summed E-state index contributed by atoms with van der Waals surface area (Å²) in [5.41, 5.74) is 1.03. The maximum absolute atomic E-state index is 12.5. The van der Waals surface area contributed by atoms with E-state index in [1.807, 2.05) is 12.4 Å². The van der Waals surface area contributed by atoms with Gasteiger partial charge in [-0.25, -0.2) is 8.42 Å². The normalized spacial score (nSPS) is 21.4. The molecular formula is C13H22N2O2S2. The molecule has 4 nitrogen and oxygen atoms in total. The summed E-state index contributed by atoms with van der Waals surface area (Å²) in [4.78, 5) is 0. The number of rotatable bonds is 5. The molecule has 1 aromatic heterocycles. The Morgan fingerprint density at radius 1 is 1.53 bits per heavy atom. The molecule has 1 aromatic rings. The van der Waals surface area contributed by atoms with Crippen molar-refractivity contribution >= 4 is 21.4 Å². The molecule has 1 aliphatic rings. The number of sulfonamides is 1. The highest BCUT2D eigenvalue weighted by Gasteiger charge is 2.34. The smallest absolute Gasteiger partial charge is 0.252 e. The molecule has 6 heteroatoms. The summed E-state index contributed by atoms with van der Waals surface area (Å²) in [6.45, 7) is 6.36. The lowest BCUT2D eigenvalue weighted by molar-refractivity contribution is 0.389. The van der Waals surface area contributed by atoms with Crippen molar-refractivity contribution in [3.05, 3.63) is 17.0 Å². The molecular weight excluding hydrogens is 280 g/mol. The van der Waals surface area contributed by atoms with E-state index in [1.54, 1.807) is 10.4 Å². The molecule has 1 atom stereocenters. The Bertz CT molecular complexity index is 523. The molecule has 19 heavy (non-hydrogen) atoms. The van der Waals surface area contributed by atoms with Crippen LogP contribution in [0.4, 0.5) is 0 Å². The van der Waals surface area contributed by atoms with E-state index in [0.717, 1.165) is 12.0 Å². The number of thiophene rings is 1. The average molecular weight is 302 g/mol. The molecule has 1 N–H and O–H groups in total. The zero-order valence-corrected chi connectivity index (χ0v) is 13.4. The van der Waals surface area contributed by atoms with Gasteiger partial charge in [0.05, 0.1) is 0 Å². The van der Waals surface area contributed by atoms with Crippen LogP contribution in [0.1, 0.15) is 25.8 Å². The lowest BCUT2D eigenvalue weighted by Crippen LogP contribution is -2.29.